The molecular weight excluding hydrogens is 368 g/mol. The van der Waals surface area contributed by atoms with Crippen LogP contribution in [-0.2, 0) is 6.42 Å². The lowest BCUT2D eigenvalue weighted by Crippen LogP contribution is -2.44. The molecule has 2 aromatic rings. The number of hydrogen-bond acceptors (Lipinski definition) is 4. The van der Waals surface area contributed by atoms with Crippen molar-refractivity contribution < 1.29 is 19.7 Å². The van der Waals surface area contributed by atoms with Crippen molar-refractivity contribution in [2.45, 2.75) is 32.1 Å². The highest BCUT2D eigenvalue weighted by molar-refractivity contribution is 6.32. The summed E-state index contributed by atoms with van der Waals surface area (Å²) in [6.45, 7) is 1.04. The molecule has 6 nitrogen and oxygen atoms in total. The van der Waals surface area contributed by atoms with Gasteiger partial charge in [0.2, 0.25) is 0 Å². The predicted octanol–water partition coefficient (Wildman–Crippen LogP) is 3.97. The fourth-order valence-corrected chi connectivity index (χ4v) is 4.13. The molecule has 146 valence electrons. The highest BCUT2D eigenvalue weighted by Crippen LogP contribution is 2.37. The fraction of sp³-hybridized carbons (Fsp3) is 0.500. The number of methoxy groups -OCH3 is 1. The number of piperidine rings is 1. The molecule has 3 rings (SSSR count). The van der Waals surface area contributed by atoms with Gasteiger partial charge in [-0.2, -0.15) is 0 Å². The second kappa shape index (κ2) is 8.31. The van der Waals surface area contributed by atoms with E-state index >= 15 is 0 Å². The van der Waals surface area contributed by atoms with Crippen molar-refractivity contribution in [3.05, 3.63) is 35.0 Å². The summed E-state index contributed by atoms with van der Waals surface area (Å²) < 4.78 is 5.32. The van der Waals surface area contributed by atoms with Crippen LogP contribution >= 0.6 is 11.6 Å². The zero-order valence-corrected chi connectivity index (χ0v) is 16.2. The van der Waals surface area contributed by atoms with Crippen molar-refractivity contribution in [2.75, 3.05) is 26.8 Å². The van der Waals surface area contributed by atoms with Crippen LogP contribution in [0.5, 0.6) is 5.75 Å². The SMILES string of the molecule is COc1ccc2ncc(Cl)c(CCCC3(CO)CCN(C(=O)O)CC3)c2c1. The van der Waals surface area contributed by atoms with Gasteiger partial charge in [0, 0.05) is 31.3 Å². The Kier molecular flexibility index (Phi) is 6.07. The third kappa shape index (κ3) is 4.28. The lowest BCUT2D eigenvalue weighted by Gasteiger charge is -2.39. The quantitative estimate of drug-likeness (QED) is 0.777. The Morgan fingerprint density at radius 1 is 1.37 bits per heavy atom. The van der Waals surface area contributed by atoms with E-state index in [0.29, 0.717) is 31.0 Å². The number of benzene rings is 1. The molecule has 0 radical (unpaired) electrons. The van der Waals surface area contributed by atoms with Crippen LogP contribution in [0.1, 0.15) is 31.2 Å². The Morgan fingerprint density at radius 3 is 2.74 bits per heavy atom. The number of likely N-dealkylation sites (tertiary alicyclic amines) is 1. The molecule has 1 aromatic carbocycles. The van der Waals surface area contributed by atoms with Gasteiger partial charge in [-0.25, -0.2) is 4.79 Å². The Labute approximate surface area is 163 Å². The summed E-state index contributed by atoms with van der Waals surface area (Å²) in [4.78, 5) is 16.9. The molecule has 27 heavy (non-hydrogen) atoms. The van der Waals surface area contributed by atoms with E-state index < -0.39 is 6.09 Å². The first kappa shape index (κ1) is 19.7. The Hall–Kier alpha value is -2.05. The van der Waals surface area contributed by atoms with Crippen LogP contribution in [-0.4, -0.2) is 53.0 Å². The first-order chi connectivity index (χ1) is 13.0. The predicted molar refractivity (Wildman–Crippen MR) is 105 cm³/mol. The van der Waals surface area contributed by atoms with Gasteiger partial charge in [0.25, 0.3) is 0 Å². The Morgan fingerprint density at radius 2 is 2.11 bits per heavy atom. The summed E-state index contributed by atoms with van der Waals surface area (Å²) in [5, 5.41) is 20.7. The molecule has 1 amide bonds. The van der Waals surface area contributed by atoms with Crippen molar-refractivity contribution in [1.82, 2.24) is 9.88 Å². The lowest BCUT2D eigenvalue weighted by molar-refractivity contribution is 0.0369. The number of ether oxygens (including phenoxy) is 1. The van der Waals surface area contributed by atoms with Gasteiger partial charge in [-0.3, -0.25) is 4.98 Å². The van der Waals surface area contributed by atoms with E-state index in [-0.39, 0.29) is 12.0 Å². The molecule has 1 aliphatic heterocycles. The monoisotopic (exact) mass is 392 g/mol. The number of aromatic nitrogens is 1. The van der Waals surface area contributed by atoms with Crippen LogP contribution in [0.3, 0.4) is 0 Å². The van der Waals surface area contributed by atoms with Crippen LogP contribution in [0.4, 0.5) is 4.79 Å². The number of pyridine rings is 1. The topological polar surface area (TPSA) is 82.9 Å². The third-order valence-corrected chi connectivity index (χ3v) is 6.02. The van der Waals surface area contributed by atoms with E-state index in [2.05, 4.69) is 4.98 Å². The molecule has 1 saturated heterocycles. The van der Waals surface area contributed by atoms with Gasteiger partial charge in [0.1, 0.15) is 5.75 Å². The summed E-state index contributed by atoms with van der Waals surface area (Å²) in [6, 6.07) is 5.76. The number of fused-ring (bicyclic) bond motifs is 1. The summed E-state index contributed by atoms with van der Waals surface area (Å²) in [6.07, 6.45) is 4.65. The Balaban J connectivity index is 1.71. The maximum Gasteiger partial charge on any atom is 0.407 e. The molecular formula is C20H25ClN2O4. The van der Waals surface area contributed by atoms with E-state index in [4.69, 9.17) is 21.4 Å². The van der Waals surface area contributed by atoms with Crippen molar-refractivity contribution >= 4 is 28.6 Å². The second-order valence-corrected chi connectivity index (χ2v) is 7.66. The van der Waals surface area contributed by atoms with E-state index in [1.165, 1.54) is 4.90 Å². The average molecular weight is 393 g/mol. The first-order valence-corrected chi connectivity index (χ1v) is 9.56. The van der Waals surface area contributed by atoms with Gasteiger partial charge >= 0.3 is 6.09 Å². The van der Waals surface area contributed by atoms with Crippen molar-refractivity contribution in [1.29, 1.82) is 0 Å². The number of amides is 1. The number of halogens is 1. The van der Waals surface area contributed by atoms with E-state index in [1.54, 1.807) is 13.3 Å². The van der Waals surface area contributed by atoms with Crippen LogP contribution in [0.25, 0.3) is 10.9 Å². The number of aliphatic hydroxyl groups is 1. The van der Waals surface area contributed by atoms with Crippen molar-refractivity contribution in [3.8, 4) is 5.75 Å². The molecule has 0 spiro atoms. The summed E-state index contributed by atoms with van der Waals surface area (Å²) in [7, 11) is 1.63. The highest BCUT2D eigenvalue weighted by atomic mass is 35.5. The molecule has 1 aliphatic rings. The third-order valence-electron chi connectivity index (χ3n) is 5.70. The molecule has 0 aliphatic carbocycles. The number of aryl methyl sites for hydroxylation is 1. The molecule has 0 bridgehead atoms. The molecule has 2 heterocycles. The number of carbonyl (C=O) groups is 1. The van der Waals surface area contributed by atoms with Gasteiger partial charge in [-0.1, -0.05) is 11.6 Å². The van der Waals surface area contributed by atoms with Crippen LogP contribution < -0.4 is 4.74 Å². The maximum atomic E-state index is 11.1. The number of carboxylic acid groups (broad SMARTS) is 1. The molecule has 7 heteroatoms. The molecule has 2 N–H and O–H groups in total. The maximum absolute atomic E-state index is 11.1. The normalized spacial score (nSPS) is 16.5. The summed E-state index contributed by atoms with van der Waals surface area (Å²) in [5.74, 6) is 0.765. The van der Waals surface area contributed by atoms with Gasteiger partial charge < -0.3 is 19.8 Å². The highest BCUT2D eigenvalue weighted by Gasteiger charge is 2.35. The van der Waals surface area contributed by atoms with E-state index in [0.717, 1.165) is 41.5 Å². The van der Waals surface area contributed by atoms with Gasteiger partial charge in [-0.15, -0.1) is 0 Å². The smallest absolute Gasteiger partial charge is 0.407 e. The zero-order valence-electron chi connectivity index (χ0n) is 15.4. The van der Waals surface area contributed by atoms with E-state index in [9.17, 15) is 9.90 Å². The minimum atomic E-state index is -0.884. The van der Waals surface area contributed by atoms with E-state index in [1.807, 2.05) is 18.2 Å². The van der Waals surface area contributed by atoms with Crippen molar-refractivity contribution in [2.24, 2.45) is 5.41 Å². The molecule has 1 fully saturated rings. The van der Waals surface area contributed by atoms with Gasteiger partial charge in [0.15, 0.2) is 0 Å². The average Bonchev–Trinajstić information content (AvgIpc) is 2.69. The van der Waals surface area contributed by atoms with Crippen molar-refractivity contribution in [3.63, 3.8) is 0 Å². The molecule has 0 saturated carbocycles. The van der Waals surface area contributed by atoms with Crippen LogP contribution in [0.2, 0.25) is 5.02 Å². The number of nitrogens with zero attached hydrogens (tertiary/aromatic N) is 2. The number of aliphatic hydroxyl groups excluding tert-OH is 1. The summed E-state index contributed by atoms with van der Waals surface area (Å²) in [5.41, 5.74) is 1.71. The lowest BCUT2D eigenvalue weighted by atomic mass is 9.75. The Bertz CT molecular complexity index is 819. The fourth-order valence-electron chi connectivity index (χ4n) is 3.88. The van der Waals surface area contributed by atoms with Crippen LogP contribution in [0.15, 0.2) is 24.4 Å². The zero-order chi connectivity index (χ0) is 19.4. The standard InChI is InChI=1S/C20H25ClN2O4/c1-27-14-4-5-18-16(11-14)15(17(21)12-22-18)3-2-6-20(13-24)7-9-23(10-8-20)19(25)26/h4-5,11-12,24H,2-3,6-10,13H2,1H3,(H,25,26). The molecule has 1 aromatic heterocycles. The minimum absolute atomic E-state index is 0.0824. The first-order valence-electron chi connectivity index (χ1n) is 9.18. The largest absolute Gasteiger partial charge is 0.497 e. The van der Waals surface area contributed by atoms with Crippen LogP contribution in [0, 0.1) is 5.41 Å². The number of hydrogen-bond donors (Lipinski definition) is 2. The molecule has 0 unspecified atom stereocenters. The summed E-state index contributed by atoms with van der Waals surface area (Å²) >= 11 is 6.42. The minimum Gasteiger partial charge on any atom is -0.497 e. The molecule has 0 atom stereocenters. The number of rotatable bonds is 6. The second-order valence-electron chi connectivity index (χ2n) is 7.25. The van der Waals surface area contributed by atoms with Gasteiger partial charge in [-0.05, 0) is 61.3 Å². The van der Waals surface area contributed by atoms with Gasteiger partial charge in [0.05, 0.1) is 17.6 Å².